The lowest BCUT2D eigenvalue weighted by molar-refractivity contribution is -0.149. The maximum absolute atomic E-state index is 11.5. The maximum atomic E-state index is 11.5. The summed E-state index contributed by atoms with van der Waals surface area (Å²) in [7, 11) is 1.40. The van der Waals surface area contributed by atoms with E-state index in [-0.39, 0.29) is 19.6 Å². The minimum atomic E-state index is -1.31. The smallest absolute Gasteiger partial charge is 0.410 e. The maximum Gasteiger partial charge on any atom is 0.410 e. The van der Waals surface area contributed by atoms with Crippen LogP contribution in [0.3, 0.4) is 0 Å². The first-order valence-corrected chi connectivity index (χ1v) is 4.87. The summed E-state index contributed by atoms with van der Waals surface area (Å²) in [6.45, 7) is 3.77. The molecule has 1 N–H and O–H groups in total. The van der Waals surface area contributed by atoms with E-state index < -0.39 is 17.6 Å². The number of carboxylic acids is 1. The zero-order valence-electron chi connectivity index (χ0n) is 9.14. The van der Waals surface area contributed by atoms with Gasteiger partial charge in [0, 0.05) is 20.1 Å². The van der Waals surface area contributed by atoms with E-state index in [0.717, 1.165) is 4.90 Å². The molecular formula is C10H15NO5. The number of aliphatic carboxylic acids is 1. The number of likely N-dealkylation sites (N-methyl/N-ethyl adjacent to an activating group) is 1. The van der Waals surface area contributed by atoms with E-state index in [0.29, 0.717) is 6.61 Å². The molecule has 1 amide bonds. The molecule has 1 atom stereocenters. The van der Waals surface area contributed by atoms with E-state index in [9.17, 15) is 9.59 Å². The zero-order valence-corrected chi connectivity index (χ0v) is 9.14. The fraction of sp³-hybridized carbons (Fsp3) is 0.600. The van der Waals surface area contributed by atoms with Gasteiger partial charge < -0.3 is 14.6 Å². The topological polar surface area (TPSA) is 76.1 Å². The standard InChI is InChI=1S/C10H15NO5/c1-3-5-16-9(14)11(2)10(8(12)13)4-6-15-7-10/h3H,1,4-7H2,2H3,(H,12,13). The number of hydrogen-bond donors (Lipinski definition) is 1. The summed E-state index contributed by atoms with van der Waals surface area (Å²) in [6, 6.07) is 0. The van der Waals surface area contributed by atoms with Gasteiger partial charge in [-0.3, -0.25) is 4.90 Å². The summed E-state index contributed by atoms with van der Waals surface area (Å²) in [6.07, 6.45) is 1.000. The highest BCUT2D eigenvalue weighted by Crippen LogP contribution is 2.26. The van der Waals surface area contributed by atoms with Crippen molar-refractivity contribution in [2.24, 2.45) is 0 Å². The zero-order chi connectivity index (χ0) is 12.2. The highest BCUT2D eigenvalue weighted by molar-refractivity contribution is 5.84. The summed E-state index contributed by atoms with van der Waals surface area (Å²) in [4.78, 5) is 23.8. The van der Waals surface area contributed by atoms with Crippen LogP contribution in [0.4, 0.5) is 4.79 Å². The van der Waals surface area contributed by atoms with Crippen molar-refractivity contribution >= 4 is 12.1 Å². The molecule has 6 heteroatoms. The summed E-state index contributed by atoms with van der Waals surface area (Å²) in [5.74, 6) is -1.08. The van der Waals surface area contributed by atoms with Crippen molar-refractivity contribution in [1.82, 2.24) is 4.90 Å². The molecule has 1 saturated heterocycles. The van der Waals surface area contributed by atoms with Crippen molar-refractivity contribution in [1.29, 1.82) is 0 Å². The first kappa shape index (κ1) is 12.5. The molecule has 1 aliphatic heterocycles. The van der Waals surface area contributed by atoms with Crippen LogP contribution in [0.2, 0.25) is 0 Å². The Labute approximate surface area is 93.4 Å². The number of carbonyl (C=O) groups is 2. The van der Waals surface area contributed by atoms with E-state index in [1.807, 2.05) is 0 Å². The van der Waals surface area contributed by atoms with Crippen LogP contribution in [0.25, 0.3) is 0 Å². The van der Waals surface area contributed by atoms with Crippen LogP contribution in [-0.2, 0) is 14.3 Å². The highest BCUT2D eigenvalue weighted by Gasteiger charge is 2.48. The molecular weight excluding hydrogens is 214 g/mol. The average Bonchev–Trinajstić information content (AvgIpc) is 2.75. The van der Waals surface area contributed by atoms with Gasteiger partial charge in [0.2, 0.25) is 0 Å². The third-order valence-corrected chi connectivity index (χ3v) is 2.64. The van der Waals surface area contributed by atoms with Crippen molar-refractivity contribution in [3.05, 3.63) is 12.7 Å². The third kappa shape index (κ3) is 2.16. The van der Waals surface area contributed by atoms with Gasteiger partial charge in [0.05, 0.1) is 6.61 Å². The van der Waals surface area contributed by atoms with Gasteiger partial charge in [-0.1, -0.05) is 12.7 Å². The van der Waals surface area contributed by atoms with Crippen LogP contribution >= 0.6 is 0 Å². The van der Waals surface area contributed by atoms with Gasteiger partial charge >= 0.3 is 12.1 Å². The molecule has 1 heterocycles. The van der Waals surface area contributed by atoms with Gasteiger partial charge in [-0.15, -0.1) is 0 Å². The quantitative estimate of drug-likeness (QED) is 0.710. The number of ether oxygens (including phenoxy) is 2. The molecule has 0 radical (unpaired) electrons. The van der Waals surface area contributed by atoms with Crippen molar-refractivity contribution < 1.29 is 24.2 Å². The van der Waals surface area contributed by atoms with E-state index in [4.69, 9.17) is 14.6 Å². The number of rotatable bonds is 4. The Morgan fingerprint density at radius 1 is 1.69 bits per heavy atom. The molecule has 0 aromatic carbocycles. The van der Waals surface area contributed by atoms with Gasteiger partial charge in [0.15, 0.2) is 5.54 Å². The summed E-state index contributed by atoms with van der Waals surface area (Å²) in [5.41, 5.74) is -1.31. The van der Waals surface area contributed by atoms with Crippen molar-refractivity contribution in [2.45, 2.75) is 12.0 Å². The number of nitrogens with zero attached hydrogens (tertiary/aromatic N) is 1. The first-order valence-electron chi connectivity index (χ1n) is 4.87. The van der Waals surface area contributed by atoms with E-state index >= 15 is 0 Å². The lowest BCUT2D eigenvalue weighted by Crippen LogP contribution is -2.56. The van der Waals surface area contributed by atoms with Gasteiger partial charge in [-0.2, -0.15) is 0 Å². The largest absolute Gasteiger partial charge is 0.479 e. The molecule has 0 bridgehead atoms. The summed E-state index contributed by atoms with van der Waals surface area (Å²) >= 11 is 0. The fourth-order valence-electron chi connectivity index (χ4n) is 1.53. The van der Waals surface area contributed by atoms with E-state index in [2.05, 4.69) is 6.58 Å². The van der Waals surface area contributed by atoms with Crippen molar-refractivity contribution in [3.8, 4) is 0 Å². The molecule has 1 rings (SSSR count). The van der Waals surface area contributed by atoms with Gasteiger partial charge in [0.1, 0.15) is 6.61 Å². The highest BCUT2D eigenvalue weighted by atomic mass is 16.6. The first-order chi connectivity index (χ1) is 7.54. The predicted molar refractivity (Wildman–Crippen MR) is 55.1 cm³/mol. The molecule has 16 heavy (non-hydrogen) atoms. The molecule has 0 aromatic heterocycles. The van der Waals surface area contributed by atoms with E-state index in [1.165, 1.54) is 13.1 Å². The Bertz CT molecular complexity index is 296. The number of hydrogen-bond acceptors (Lipinski definition) is 4. The van der Waals surface area contributed by atoms with Gasteiger partial charge in [-0.25, -0.2) is 9.59 Å². The lowest BCUT2D eigenvalue weighted by Gasteiger charge is -2.32. The van der Waals surface area contributed by atoms with Crippen LogP contribution < -0.4 is 0 Å². The number of carbonyl (C=O) groups excluding carboxylic acids is 1. The van der Waals surface area contributed by atoms with Crippen molar-refractivity contribution in [3.63, 3.8) is 0 Å². The average molecular weight is 229 g/mol. The normalized spacial score (nSPS) is 23.8. The Morgan fingerprint density at radius 2 is 2.38 bits per heavy atom. The minimum Gasteiger partial charge on any atom is -0.479 e. The van der Waals surface area contributed by atoms with Crippen LogP contribution in [0, 0.1) is 0 Å². The van der Waals surface area contributed by atoms with Crippen LogP contribution in [0.15, 0.2) is 12.7 Å². The fourth-order valence-corrected chi connectivity index (χ4v) is 1.53. The molecule has 6 nitrogen and oxygen atoms in total. The molecule has 1 fully saturated rings. The van der Waals surface area contributed by atoms with Crippen LogP contribution in [0.1, 0.15) is 6.42 Å². The Hall–Kier alpha value is -1.56. The Morgan fingerprint density at radius 3 is 2.81 bits per heavy atom. The summed E-state index contributed by atoms with van der Waals surface area (Å²) < 4.78 is 9.84. The minimum absolute atomic E-state index is 0.0119. The Balaban J connectivity index is 2.75. The second kappa shape index (κ2) is 4.98. The number of amides is 1. The second-order valence-corrected chi connectivity index (χ2v) is 3.56. The lowest BCUT2D eigenvalue weighted by atomic mass is 9.97. The molecule has 0 saturated carbocycles. The molecule has 1 aliphatic rings. The molecule has 0 spiro atoms. The van der Waals surface area contributed by atoms with Gasteiger partial charge in [-0.05, 0) is 0 Å². The Kier molecular flexibility index (Phi) is 3.89. The monoisotopic (exact) mass is 229 g/mol. The van der Waals surface area contributed by atoms with Crippen LogP contribution in [0.5, 0.6) is 0 Å². The third-order valence-electron chi connectivity index (χ3n) is 2.64. The summed E-state index contributed by atoms with van der Waals surface area (Å²) in [5, 5.41) is 9.16. The van der Waals surface area contributed by atoms with Gasteiger partial charge in [0.25, 0.3) is 0 Å². The van der Waals surface area contributed by atoms with Crippen molar-refractivity contribution in [2.75, 3.05) is 26.9 Å². The second-order valence-electron chi connectivity index (χ2n) is 3.56. The van der Waals surface area contributed by atoms with E-state index in [1.54, 1.807) is 0 Å². The molecule has 0 aliphatic carbocycles. The SMILES string of the molecule is C=CCOC(=O)N(C)C1(C(=O)O)CCOC1. The number of carboxylic acid groups (broad SMARTS) is 1. The molecule has 0 aromatic rings. The molecule has 1 unspecified atom stereocenters. The van der Waals surface area contributed by atoms with Crippen LogP contribution in [-0.4, -0.2) is 54.5 Å². The predicted octanol–water partition coefficient (Wildman–Crippen LogP) is 0.484. The molecule has 90 valence electrons.